The number of aryl methyl sites for hydroxylation is 4. The minimum atomic E-state index is -0.0409. The second kappa shape index (κ2) is 7.92. The second-order valence-corrected chi connectivity index (χ2v) is 7.50. The fraction of sp³-hybridized carbons (Fsp3) is 0.273. The van der Waals surface area contributed by atoms with Crippen LogP contribution in [-0.4, -0.2) is 16.6 Å². The number of anilines is 1. The van der Waals surface area contributed by atoms with Crippen LogP contribution in [0.15, 0.2) is 41.2 Å². The van der Waals surface area contributed by atoms with Crippen LogP contribution in [-0.2, 0) is 6.42 Å². The van der Waals surface area contributed by atoms with Crippen molar-refractivity contribution in [3.8, 4) is 0 Å². The summed E-state index contributed by atoms with van der Waals surface area (Å²) in [6.07, 6.45) is 0.604. The van der Waals surface area contributed by atoms with E-state index in [-0.39, 0.29) is 5.56 Å². The molecule has 1 heterocycles. The molecule has 0 atom stereocenters. The van der Waals surface area contributed by atoms with Gasteiger partial charge >= 0.3 is 0 Å². The minimum Gasteiger partial charge on any atom is -0.362 e. The van der Waals surface area contributed by atoms with Crippen LogP contribution in [0.1, 0.15) is 27.8 Å². The molecule has 0 aliphatic carbocycles. The highest BCUT2D eigenvalue weighted by Gasteiger charge is 2.06. The van der Waals surface area contributed by atoms with E-state index in [2.05, 4.69) is 61.5 Å². The van der Waals surface area contributed by atoms with Crippen LogP contribution in [0.3, 0.4) is 0 Å². The summed E-state index contributed by atoms with van der Waals surface area (Å²) < 4.78 is 0. The highest BCUT2D eigenvalue weighted by Crippen LogP contribution is 2.18. The molecule has 0 saturated carbocycles. The molecule has 140 valence electrons. The van der Waals surface area contributed by atoms with E-state index in [0.717, 1.165) is 27.7 Å². The molecular weight excluding hydrogens is 354 g/mol. The SMILES string of the molecule is Cc1ccc(NC(=S)NCCc2cc3cc(C)c(C)cc3[nH]c2=O)c(C)c1. The molecule has 0 bridgehead atoms. The molecule has 0 unspecified atom stereocenters. The van der Waals surface area contributed by atoms with E-state index in [0.29, 0.717) is 18.1 Å². The fourth-order valence-electron chi connectivity index (χ4n) is 3.14. The minimum absolute atomic E-state index is 0.0409. The van der Waals surface area contributed by atoms with Crippen molar-refractivity contribution >= 4 is 33.9 Å². The van der Waals surface area contributed by atoms with Crippen LogP contribution in [0.4, 0.5) is 5.69 Å². The summed E-state index contributed by atoms with van der Waals surface area (Å²) in [6.45, 7) is 8.84. The average molecular weight is 380 g/mol. The number of H-pyrrole nitrogens is 1. The smallest absolute Gasteiger partial charge is 0.251 e. The maximum absolute atomic E-state index is 12.3. The first-order valence-corrected chi connectivity index (χ1v) is 9.49. The van der Waals surface area contributed by atoms with E-state index in [1.54, 1.807) is 0 Å². The standard InChI is InChI=1S/C22H25N3OS/c1-13-5-6-19(16(4)9-13)25-22(27)23-8-7-17-12-18-10-14(2)15(3)11-20(18)24-21(17)26/h5-6,9-12H,7-8H2,1-4H3,(H,24,26)(H2,23,25,27). The molecule has 0 saturated heterocycles. The van der Waals surface area contributed by atoms with Crippen LogP contribution in [0.2, 0.25) is 0 Å². The third-order valence-corrected chi connectivity index (χ3v) is 5.09. The van der Waals surface area contributed by atoms with Crippen molar-refractivity contribution in [1.82, 2.24) is 10.3 Å². The monoisotopic (exact) mass is 379 g/mol. The number of benzene rings is 2. The van der Waals surface area contributed by atoms with Crippen molar-refractivity contribution < 1.29 is 0 Å². The van der Waals surface area contributed by atoms with Gasteiger partial charge < -0.3 is 15.6 Å². The zero-order valence-corrected chi connectivity index (χ0v) is 17.0. The first-order chi connectivity index (χ1) is 12.8. The lowest BCUT2D eigenvalue weighted by Gasteiger charge is -2.13. The van der Waals surface area contributed by atoms with Crippen molar-refractivity contribution in [3.63, 3.8) is 0 Å². The van der Waals surface area contributed by atoms with Gasteiger partial charge in [-0.25, -0.2) is 0 Å². The topological polar surface area (TPSA) is 56.9 Å². The molecule has 1 aromatic heterocycles. The Balaban J connectivity index is 1.64. The van der Waals surface area contributed by atoms with E-state index in [4.69, 9.17) is 12.2 Å². The van der Waals surface area contributed by atoms with E-state index < -0.39 is 0 Å². The lowest BCUT2D eigenvalue weighted by molar-refractivity contribution is 0.863. The number of hydrogen-bond acceptors (Lipinski definition) is 2. The first-order valence-electron chi connectivity index (χ1n) is 9.09. The van der Waals surface area contributed by atoms with E-state index in [1.165, 1.54) is 16.7 Å². The average Bonchev–Trinajstić information content (AvgIpc) is 2.60. The van der Waals surface area contributed by atoms with E-state index in [9.17, 15) is 4.79 Å². The largest absolute Gasteiger partial charge is 0.362 e. The van der Waals surface area contributed by atoms with Crippen molar-refractivity contribution in [1.29, 1.82) is 0 Å². The summed E-state index contributed by atoms with van der Waals surface area (Å²) in [5, 5.41) is 8.02. The molecule has 3 aromatic rings. The quantitative estimate of drug-likeness (QED) is 0.592. The van der Waals surface area contributed by atoms with Gasteiger partial charge in [0.05, 0.1) is 0 Å². The molecule has 4 nitrogen and oxygen atoms in total. The van der Waals surface area contributed by atoms with Crippen molar-refractivity contribution in [2.45, 2.75) is 34.1 Å². The molecule has 0 radical (unpaired) electrons. The van der Waals surface area contributed by atoms with Crippen LogP contribution in [0, 0.1) is 27.7 Å². The van der Waals surface area contributed by atoms with Gasteiger partial charge in [0.1, 0.15) is 0 Å². The molecule has 0 spiro atoms. The third-order valence-electron chi connectivity index (χ3n) is 4.85. The summed E-state index contributed by atoms with van der Waals surface area (Å²) in [5.41, 5.74) is 7.36. The van der Waals surface area contributed by atoms with Gasteiger partial charge in [0.15, 0.2) is 5.11 Å². The van der Waals surface area contributed by atoms with Gasteiger partial charge in [-0.05, 0) is 92.7 Å². The molecule has 0 aliphatic rings. The molecule has 5 heteroatoms. The van der Waals surface area contributed by atoms with Crippen LogP contribution in [0.5, 0.6) is 0 Å². The van der Waals surface area contributed by atoms with Crippen LogP contribution in [0.25, 0.3) is 10.9 Å². The Morgan fingerprint density at radius 3 is 2.48 bits per heavy atom. The Labute approximate surface area is 165 Å². The Morgan fingerprint density at radius 2 is 1.74 bits per heavy atom. The van der Waals surface area contributed by atoms with E-state index in [1.807, 2.05) is 18.2 Å². The number of nitrogens with one attached hydrogen (secondary N) is 3. The summed E-state index contributed by atoms with van der Waals surface area (Å²) >= 11 is 5.38. The number of thiocarbonyl (C=S) groups is 1. The third kappa shape index (κ3) is 4.55. The maximum Gasteiger partial charge on any atom is 0.251 e. The Bertz CT molecular complexity index is 1070. The molecule has 3 N–H and O–H groups in total. The molecule has 2 aromatic carbocycles. The maximum atomic E-state index is 12.3. The summed E-state index contributed by atoms with van der Waals surface area (Å²) in [4.78, 5) is 15.3. The number of hydrogen-bond donors (Lipinski definition) is 3. The van der Waals surface area contributed by atoms with Gasteiger partial charge in [0.2, 0.25) is 0 Å². The van der Waals surface area contributed by atoms with Gasteiger partial charge in [-0.2, -0.15) is 0 Å². The molecule has 0 aliphatic heterocycles. The number of rotatable bonds is 4. The van der Waals surface area contributed by atoms with Crippen molar-refractivity contribution in [2.24, 2.45) is 0 Å². The lowest BCUT2D eigenvalue weighted by atomic mass is 10.0. The van der Waals surface area contributed by atoms with E-state index >= 15 is 0 Å². The summed E-state index contributed by atoms with van der Waals surface area (Å²) in [6, 6.07) is 12.3. The summed E-state index contributed by atoms with van der Waals surface area (Å²) in [5.74, 6) is 0. The Morgan fingerprint density at radius 1 is 1.00 bits per heavy atom. The fourth-order valence-corrected chi connectivity index (χ4v) is 3.35. The Hall–Kier alpha value is -2.66. The van der Waals surface area contributed by atoms with Crippen molar-refractivity contribution in [2.75, 3.05) is 11.9 Å². The zero-order valence-electron chi connectivity index (χ0n) is 16.2. The normalized spacial score (nSPS) is 10.8. The molecule has 3 rings (SSSR count). The molecular formula is C22H25N3OS. The van der Waals surface area contributed by atoms with Crippen LogP contribution < -0.4 is 16.2 Å². The number of aromatic nitrogens is 1. The Kier molecular flexibility index (Phi) is 5.61. The predicted molar refractivity (Wildman–Crippen MR) is 118 cm³/mol. The number of pyridine rings is 1. The van der Waals surface area contributed by atoms with Gasteiger partial charge in [-0.3, -0.25) is 4.79 Å². The van der Waals surface area contributed by atoms with Crippen LogP contribution >= 0.6 is 12.2 Å². The molecule has 27 heavy (non-hydrogen) atoms. The lowest BCUT2D eigenvalue weighted by Crippen LogP contribution is -2.31. The van der Waals surface area contributed by atoms with Gasteiger partial charge in [-0.15, -0.1) is 0 Å². The highest BCUT2D eigenvalue weighted by molar-refractivity contribution is 7.80. The summed E-state index contributed by atoms with van der Waals surface area (Å²) in [7, 11) is 0. The first kappa shape index (κ1) is 19.1. The van der Waals surface area contributed by atoms with Gasteiger partial charge in [-0.1, -0.05) is 17.7 Å². The molecule has 0 fully saturated rings. The second-order valence-electron chi connectivity index (χ2n) is 7.10. The van der Waals surface area contributed by atoms with Gasteiger partial charge in [0, 0.05) is 23.3 Å². The molecule has 0 amide bonds. The zero-order chi connectivity index (χ0) is 19.6. The predicted octanol–water partition coefficient (Wildman–Crippen LogP) is 4.29. The highest BCUT2D eigenvalue weighted by atomic mass is 32.1. The number of aromatic amines is 1. The van der Waals surface area contributed by atoms with Crippen molar-refractivity contribution in [3.05, 3.63) is 74.6 Å². The number of fused-ring (bicyclic) bond motifs is 1. The van der Waals surface area contributed by atoms with Gasteiger partial charge in [0.25, 0.3) is 5.56 Å².